The van der Waals surface area contributed by atoms with E-state index in [-0.39, 0.29) is 5.57 Å². The Hall–Kier alpha value is -2.11. The summed E-state index contributed by atoms with van der Waals surface area (Å²) in [6, 6.07) is 0. The van der Waals surface area contributed by atoms with Gasteiger partial charge < -0.3 is 19.9 Å². The second-order valence-electron chi connectivity index (χ2n) is 4.87. The van der Waals surface area contributed by atoms with Crippen molar-refractivity contribution in [3.63, 3.8) is 0 Å². The maximum Gasteiger partial charge on any atom is 0.334 e. The number of carboxylic acids is 2. The number of aliphatic carboxylic acids is 2. The minimum Gasteiger partial charge on any atom is -0.480 e. The van der Waals surface area contributed by atoms with Crippen LogP contribution in [-0.2, 0) is 14.4 Å². The quantitative estimate of drug-likeness (QED) is 0.576. The average molecular weight is 267 g/mol. The molecule has 19 heavy (non-hydrogen) atoms. The molecule has 0 amide bonds. The van der Waals surface area contributed by atoms with E-state index in [4.69, 9.17) is 0 Å². The highest BCUT2D eigenvalue weighted by atomic mass is 16.4. The van der Waals surface area contributed by atoms with Gasteiger partial charge in [0, 0.05) is 25.7 Å². The second kappa shape index (κ2) is 4.87. The van der Waals surface area contributed by atoms with Crippen LogP contribution in [0.15, 0.2) is 22.9 Å². The Labute approximate surface area is 111 Å². The normalized spacial score (nSPS) is 26.7. The Morgan fingerprint density at radius 1 is 1.37 bits per heavy atom. The summed E-state index contributed by atoms with van der Waals surface area (Å²) in [5, 5.41) is 18.6. The molecule has 0 aromatic rings. The number of rotatable bonds is 4. The topological polar surface area (TPSA) is 94.9 Å². The summed E-state index contributed by atoms with van der Waals surface area (Å²) in [5.41, 5.74) is -0.967. The number of allylic oxidation sites excluding steroid dienone is 1. The summed E-state index contributed by atoms with van der Waals surface area (Å²) in [6.45, 7) is 3.05. The van der Waals surface area contributed by atoms with Gasteiger partial charge in [-0.1, -0.05) is 13.0 Å². The van der Waals surface area contributed by atoms with Gasteiger partial charge in [0.25, 0.3) is 0 Å². The molecule has 1 rings (SSSR count). The molecular formula is C13H17NO5. The Bertz CT molecular complexity index is 503. The van der Waals surface area contributed by atoms with Gasteiger partial charge in [-0.25, -0.2) is 4.79 Å². The van der Waals surface area contributed by atoms with E-state index in [9.17, 15) is 24.6 Å². The van der Waals surface area contributed by atoms with Crippen LogP contribution >= 0.6 is 0 Å². The SMILES string of the molecule is CC1=CC(C=O)(C(=O)O)C(C)C(C(=O)O)=C1N(C)C. The minimum atomic E-state index is -1.82. The third-order valence-corrected chi connectivity index (χ3v) is 3.48. The number of aldehydes is 1. The van der Waals surface area contributed by atoms with Crippen molar-refractivity contribution in [2.45, 2.75) is 13.8 Å². The Morgan fingerprint density at radius 2 is 1.89 bits per heavy atom. The molecule has 1 aliphatic carbocycles. The van der Waals surface area contributed by atoms with E-state index in [1.165, 1.54) is 13.0 Å². The third-order valence-electron chi connectivity index (χ3n) is 3.48. The molecule has 0 aliphatic heterocycles. The van der Waals surface area contributed by atoms with E-state index in [2.05, 4.69) is 0 Å². The average Bonchev–Trinajstić information content (AvgIpc) is 2.29. The van der Waals surface area contributed by atoms with E-state index in [0.29, 0.717) is 17.6 Å². The van der Waals surface area contributed by atoms with E-state index >= 15 is 0 Å². The maximum atomic E-state index is 11.4. The van der Waals surface area contributed by atoms with Gasteiger partial charge in [0.1, 0.15) is 11.7 Å². The van der Waals surface area contributed by atoms with Gasteiger partial charge >= 0.3 is 11.9 Å². The maximum absolute atomic E-state index is 11.4. The van der Waals surface area contributed by atoms with Gasteiger partial charge in [-0.2, -0.15) is 0 Å². The van der Waals surface area contributed by atoms with Gasteiger partial charge in [0.2, 0.25) is 0 Å². The van der Waals surface area contributed by atoms with Crippen LogP contribution in [0.2, 0.25) is 0 Å². The molecule has 0 saturated heterocycles. The summed E-state index contributed by atoms with van der Waals surface area (Å²) in [7, 11) is 3.36. The molecule has 0 radical (unpaired) electrons. The molecule has 0 fully saturated rings. The van der Waals surface area contributed by atoms with Crippen LogP contribution in [0, 0.1) is 11.3 Å². The number of hydrogen-bond donors (Lipinski definition) is 2. The third kappa shape index (κ3) is 2.14. The molecule has 0 saturated carbocycles. The highest BCUT2D eigenvalue weighted by molar-refractivity contribution is 6.00. The fourth-order valence-electron chi connectivity index (χ4n) is 2.52. The zero-order chi connectivity index (χ0) is 15.0. The molecule has 1 aliphatic rings. The summed E-state index contributed by atoms with van der Waals surface area (Å²) in [4.78, 5) is 35.7. The highest BCUT2D eigenvalue weighted by Crippen LogP contribution is 2.42. The first-order chi connectivity index (χ1) is 8.69. The summed E-state index contributed by atoms with van der Waals surface area (Å²) in [6.07, 6.45) is 1.63. The summed E-state index contributed by atoms with van der Waals surface area (Å²) >= 11 is 0. The molecule has 2 atom stereocenters. The number of carbonyl (C=O) groups is 3. The molecule has 2 N–H and O–H groups in total. The molecule has 0 bridgehead atoms. The Balaban J connectivity index is 3.62. The van der Waals surface area contributed by atoms with Crippen molar-refractivity contribution >= 4 is 18.2 Å². The van der Waals surface area contributed by atoms with Gasteiger partial charge in [0.15, 0.2) is 0 Å². The van der Waals surface area contributed by atoms with Gasteiger partial charge in [-0.05, 0) is 12.5 Å². The zero-order valence-corrected chi connectivity index (χ0v) is 11.3. The van der Waals surface area contributed by atoms with Crippen LogP contribution in [-0.4, -0.2) is 47.4 Å². The molecule has 6 heteroatoms. The molecule has 0 spiro atoms. The Kier molecular flexibility index (Phi) is 3.83. The number of hydrogen-bond acceptors (Lipinski definition) is 4. The standard InChI is InChI=1S/C13H17NO5/c1-7-5-13(6-15,12(18)19)8(2)9(11(16)17)10(7)14(3)4/h5-6,8H,1-4H3,(H,16,17)(H,18,19). The van der Waals surface area contributed by atoms with Gasteiger partial charge in [0.05, 0.1) is 5.57 Å². The van der Waals surface area contributed by atoms with Crippen molar-refractivity contribution in [2.24, 2.45) is 11.3 Å². The highest BCUT2D eigenvalue weighted by Gasteiger charge is 2.49. The smallest absolute Gasteiger partial charge is 0.334 e. The first-order valence-electron chi connectivity index (χ1n) is 5.73. The largest absolute Gasteiger partial charge is 0.480 e. The summed E-state index contributed by atoms with van der Waals surface area (Å²) < 4.78 is 0. The van der Waals surface area contributed by atoms with Crippen LogP contribution < -0.4 is 0 Å². The lowest BCUT2D eigenvalue weighted by molar-refractivity contribution is -0.150. The van der Waals surface area contributed by atoms with Crippen molar-refractivity contribution in [2.75, 3.05) is 14.1 Å². The number of carbonyl (C=O) groups excluding carboxylic acids is 1. The van der Waals surface area contributed by atoms with Crippen molar-refractivity contribution in [1.29, 1.82) is 0 Å². The van der Waals surface area contributed by atoms with E-state index in [0.717, 1.165) is 0 Å². The fourth-order valence-corrected chi connectivity index (χ4v) is 2.52. The summed E-state index contributed by atoms with van der Waals surface area (Å²) in [5.74, 6) is -3.50. The van der Waals surface area contributed by atoms with Crippen molar-refractivity contribution in [1.82, 2.24) is 4.90 Å². The van der Waals surface area contributed by atoms with Crippen LogP contribution in [0.4, 0.5) is 0 Å². The zero-order valence-electron chi connectivity index (χ0n) is 11.3. The van der Waals surface area contributed by atoms with Crippen LogP contribution in [0.3, 0.4) is 0 Å². The predicted molar refractivity (Wildman–Crippen MR) is 67.4 cm³/mol. The molecule has 6 nitrogen and oxygen atoms in total. The molecule has 104 valence electrons. The predicted octanol–water partition coefficient (Wildman–Crippen LogP) is 0.753. The lowest BCUT2D eigenvalue weighted by Gasteiger charge is -2.36. The van der Waals surface area contributed by atoms with Gasteiger partial charge in [-0.3, -0.25) is 4.79 Å². The monoisotopic (exact) mass is 267 g/mol. The van der Waals surface area contributed by atoms with Crippen LogP contribution in [0.1, 0.15) is 13.8 Å². The second-order valence-corrected chi connectivity index (χ2v) is 4.87. The van der Waals surface area contributed by atoms with Crippen molar-refractivity contribution in [3.05, 3.63) is 22.9 Å². The van der Waals surface area contributed by atoms with Gasteiger partial charge in [-0.15, -0.1) is 0 Å². The van der Waals surface area contributed by atoms with Crippen LogP contribution in [0.25, 0.3) is 0 Å². The fraction of sp³-hybridized carbons (Fsp3) is 0.462. The first kappa shape index (κ1) is 14.9. The molecule has 0 aromatic carbocycles. The molecule has 0 heterocycles. The lowest BCUT2D eigenvalue weighted by Crippen LogP contribution is -2.43. The van der Waals surface area contributed by atoms with E-state index in [1.807, 2.05) is 0 Å². The molecular weight excluding hydrogens is 250 g/mol. The number of likely N-dealkylation sites (N-methyl/N-ethyl adjacent to an activating group) is 1. The van der Waals surface area contributed by atoms with E-state index in [1.54, 1.807) is 25.9 Å². The minimum absolute atomic E-state index is 0.0560. The lowest BCUT2D eigenvalue weighted by atomic mass is 9.68. The van der Waals surface area contributed by atoms with E-state index < -0.39 is 23.3 Å². The number of carboxylic acid groups (broad SMARTS) is 2. The molecule has 2 unspecified atom stereocenters. The van der Waals surface area contributed by atoms with Crippen molar-refractivity contribution < 1.29 is 24.6 Å². The molecule has 0 aromatic heterocycles. The van der Waals surface area contributed by atoms with Crippen molar-refractivity contribution in [3.8, 4) is 0 Å². The first-order valence-corrected chi connectivity index (χ1v) is 5.73. The Morgan fingerprint density at radius 3 is 2.21 bits per heavy atom. The van der Waals surface area contributed by atoms with Crippen LogP contribution in [0.5, 0.6) is 0 Å². The number of nitrogens with zero attached hydrogens (tertiary/aromatic N) is 1.